The van der Waals surface area contributed by atoms with Gasteiger partial charge in [-0.25, -0.2) is 0 Å². The van der Waals surface area contributed by atoms with Crippen molar-refractivity contribution >= 4 is 5.69 Å². The van der Waals surface area contributed by atoms with Gasteiger partial charge in [0.15, 0.2) is 0 Å². The Hall–Kier alpha value is -1.79. The monoisotopic (exact) mass is 233 g/mol. The number of halogens is 3. The van der Waals surface area contributed by atoms with E-state index in [1.807, 2.05) is 0 Å². The van der Waals surface area contributed by atoms with Gasteiger partial charge in [0.1, 0.15) is 12.2 Å². The van der Waals surface area contributed by atoms with Crippen molar-refractivity contribution in [2.45, 2.75) is 13.1 Å². The molecule has 0 bridgehead atoms. The second kappa shape index (κ2) is 4.82. The van der Waals surface area contributed by atoms with Crippen LogP contribution >= 0.6 is 0 Å². The fourth-order valence-corrected chi connectivity index (χ4v) is 0.949. The summed E-state index contributed by atoms with van der Waals surface area (Å²) in [6, 6.07) is 4.46. The van der Waals surface area contributed by atoms with E-state index in [4.69, 9.17) is 0 Å². The van der Waals surface area contributed by atoms with Crippen LogP contribution in [0.4, 0.5) is 18.9 Å². The lowest BCUT2D eigenvalue weighted by Gasteiger charge is -2.06. The quantitative estimate of drug-likeness (QED) is 0.495. The first kappa shape index (κ1) is 12.3. The lowest BCUT2D eigenvalue weighted by atomic mass is 10.2. The van der Waals surface area contributed by atoms with Crippen LogP contribution in [-0.4, -0.2) is 11.4 Å². The maximum atomic E-state index is 12.3. The van der Waals surface area contributed by atoms with E-state index in [0.717, 1.165) is 12.1 Å². The van der Waals surface area contributed by atoms with Crippen LogP contribution in [0.1, 0.15) is 12.5 Å². The van der Waals surface area contributed by atoms with E-state index in [1.165, 1.54) is 12.1 Å². The second-order valence-electron chi connectivity index (χ2n) is 2.96. The van der Waals surface area contributed by atoms with E-state index in [1.54, 1.807) is 6.92 Å². The van der Waals surface area contributed by atoms with Gasteiger partial charge in [-0.15, -0.1) is 5.43 Å². The number of hydrogen-bond donors (Lipinski definition) is 1. The van der Waals surface area contributed by atoms with Crippen LogP contribution in [-0.2, 0) is 6.18 Å². The van der Waals surface area contributed by atoms with Crippen LogP contribution in [0.2, 0.25) is 0 Å². The molecule has 0 aliphatic rings. The van der Waals surface area contributed by atoms with E-state index in [9.17, 15) is 18.4 Å². The van der Waals surface area contributed by atoms with E-state index >= 15 is 0 Å². The predicted octanol–water partition coefficient (Wildman–Crippen LogP) is 3.01. The van der Waals surface area contributed by atoms with Crippen LogP contribution in [0.25, 0.3) is 0 Å². The molecule has 88 valence electrons. The van der Waals surface area contributed by atoms with Gasteiger partial charge in [-0.3, -0.25) is 0 Å². The predicted molar refractivity (Wildman–Crippen MR) is 51.7 cm³/mol. The summed E-state index contributed by atoms with van der Waals surface area (Å²) in [4.78, 5) is 0.334. The average molecular weight is 233 g/mol. The molecule has 0 fully saturated rings. The summed E-state index contributed by atoms with van der Waals surface area (Å²) in [5, 5.41) is 14.0. The molecule has 7 heteroatoms. The van der Waals surface area contributed by atoms with Gasteiger partial charge >= 0.3 is 6.18 Å². The van der Waals surface area contributed by atoms with Gasteiger partial charge in [0, 0.05) is 0 Å². The van der Waals surface area contributed by atoms with E-state index < -0.39 is 11.7 Å². The molecule has 1 aromatic rings. The number of hydroxylamine groups is 1. The largest absolute Gasteiger partial charge is 0.696 e. The highest BCUT2D eigenvalue weighted by Gasteiger charge is 2.30. The lowest BCUT2D eigenvalue weighted by Crippen LogP contribution is -2.06. The number of nitrogens with one attached hydrogen (secondary N) is 1. The summed E-state index contributed by atoms with van der Waals surface area (Å²) in [6.45, 7) is 1.69. The minimum absolute atomic E-state index is 0.115. The van der Waals surface area contributed by atoms with Gasteiger partial charge in [-0.2, -0.15) is 18.0 Å². The molecule has 1 N–H and O–H groups in total. The van der Waals surface area contributed by atoms with Crippen LogP contribution in [0, 0.1) is 5.21 Å². The number of nitrogens with zero attached hydrogens (tertiary/aromatic N) is 2. The molecule has 1 rings (SSSR count). The Morgan fingerprint density at radius 3 is 2.69 bits per heavy atom. The molecule has 0 spiro atoms. The lowest BCUT2D eigenvalue weighted by molar-refractivity contribution is -0.524. The van der Waals surface area contributed by atoms with Crippen molar-refractivity contribution in [3.63, 3.8) is 0 Å². The van der Waals surface area contributed by atoms with Crippen molar-refractivity contribution in [3.05, 3.63) is 35.0 Å². The van der Waals surface area contributed by atoms with Gasteiger partial charge in [0.25, 0.3) is 0 Å². The number of hydrogen-bond acceptors (Lipinski definition) is 2. The molecule has 0 atom stereocenters. The molecule has 0 unspecified atom stereocenters. The number of alkyl halides is 3. The van der Waals surface area contributed by atoms with Gasteiger partial charge in [-0.05, 0) is 25.1 Å². The molecule has 0 amide bonds. The molecular formula is C9H10F3N3O. The van der Waals surface area contributed by atoms with Gasteiger partial charge < -0.3 is 5.21 Å². The summed E-state index contributed by atoms with van der Waals surface area (Å²) in [6.07, 6.45) is -4.40. The Morgan fingerprint density at radius 2 is 2.12 bits per heavy atom. The average Bonchev–Trinajstić information content (AvgIpc) is 2.25. The molecule has 0 heterocycles. The SMILES string of the molecule is CC[N+]([O-])=NNc1cccc(C(F)(F)F)c1. The molecule has 0 saturated carbocycles. The van der Waals surface area contributed by atoms with Gasteiger partial charge in [-0.1, -0.05) is 6.07 Å². The van der Waals surface area contributed by atoms with Crippen molar-refractivity contribution in [2.24, 2.45) is 5.22 Å². The fourth-order valence-electron chi connectivity index (χ4n) is 0.949. The second-order valence-corrected chi connectivity index (χ2v) is 2.96. The Balaban J connectivity index is 2.84. The number of benzene rings is 1. The zero-order chi connectivity index (χ0) is 12.2. The smallest absolute Gasteiger partial charge is 0.416 e. The Morgan fingerprint density at radius 1 is 1.44 bits per heavy atom. The topological polar surface area (TPSA) is 50.5 Å². The maximum absolute atomic E-state index is 12.3. The molecule has 4 nitrogen and oxygen atoms in total. The Bertz CT molecular complexity index is 390. The molecule has 0 radical (unpaired) electrons. The molecule has 0 aliphatic carbocycles. The normalized spacial score (nSPS) is 12.6. The van der Waals surface area contributed by atoms with Crippen LogP contribution in [0.5, 0.6) is 0 Å². The standard InChI is InChI=1S/C9H10F3N3O/c1-2-15(16)14-13-8-5-3-4-7(6-8)9(10,11)12/h3-6,13H,2H2,1H3. The first-order chi connectivity index (χ1) is 7.43. The first-order valence-corrected chi connectivity index (χ1v) is 4.52. The molecule has 16 heavy (non-hydrogen) atoms. The Labute approximate surface area is 89.9 Å². The fraction of sp³-hybridized carbons (Fsp3) is 0.333. The van der Waals surface area contributed by atoms with Gasteiger partial charge in [0.05, 0.1) is 10.8 Å². The summed E-state index contributed by atoms with van der Waals surface area (Å²) < 4.78 is 36.9. The summed E-state index contributed by atoms with van der Waals surface area (Å²) >= 11 is 0. The van der Waals surface area contributed by atoms with Crippen molar-refractivity contribution in [2.75, 3.05) is 12.0 Å². The van der Waals surface area contributed by atoms with E-state index in [-0.39, 0.29) is 12.2 Å². The third kappa shape index (κ3) is 3.41. The van der Waals surface area contributed by atoms with Crippen molar-refractivity contribution < 1.29 is 18.0 Å². The summed E-state index contributed by atoms with van der Waals surface area (Å²) in [5.74, 6) is 0. The first-order valence-electron chi connectivity index (χ1n) is 4.52. The highest BCUT2D eigenvalue weighted by atomic mass is 19.4. The van der Waals surface area contributed by atoms with Gasteiger partial charge in [0.2, 0.25) is 0 Å². The summed E-state index contributed by atoms with van der Waals surface area (Å²) in [5.41, 5.74) is 1.57. The van der Waals surface area contributed by atoms with Crippen LogP contribution in [0.15, 0.2) is 29.5 Å². The third-order valence-electron chi connectivity index (χ3n) is 1.75. The van der Waals surface area contributed by atoms with Crippen molar-refractivity contribution in [1.82, 2.24) is 0 Å². The highest BCUT2D eigenvalue weighted by molar-refractivity contribution is 5.45. The summed E-state index contributed by atoms with van der Waals surface area (Å²) in [7, 11) is 0. The molecule has 0 aromatic heterocycles. The molecule has 0 aliphatic heterocycles. The highest BCUT2D eigenvalue weighted by Crippen LogP contribution is 2.30. The third-order valence-corrected chi connectivity index (χ3v) is 1.75. The minimum atomic E-state index is -4.40. The minimum Gasteiger partial charge on any atom is -0.696 e. The zero-order valence-electron chi connectivity index (χ0n) is 8.45. The molecular weight excluding hydrogens is 223 g/mol. The van der Waals surface area contributed by atoms with Crippen molar-refractivity contribution in [1.29, 1.82) is 0 Å². The molecule has 0 saturated heterocycles. The van der Waals surface area contributed by atoms with E-state index in [0.29, 0.717) is 4.86 Å². The number of rotatable bonds is 3. The Kier molecular flexibility index (Phi) is 3.70. The van der Waals surface area contributed by atoms with Crippen LogP contribution < -0.4 is 5.43 Å². The van der Waals surface area contributed by atoms with Crippen molar-refractivity contribution in [3.8, 4) is 0 Å². The molecule has 1 aromatic carbocycles. The zero-order valence-corrected chi connectivity index (χ0v) is 8.45. The maximum Gasteiger partial charge on any atom is 0.416 e. The number of anilines is 1. The van der Waals surface area contributed by atoms with E-state index in [2.05, 4.69) is 10.6 Å². The van der Waals surface area contributed by atoms with Crippen LogP contribution in [0.3, 0.4) is 0 Å².